The summed E-state index contributed by atoms with van der Waals surface area (Å²) in [6.07, 6.45) is 0. The number of anilines is 1. The summed E-state index contributed by atoms with van der Waals surface area (Å²) in [6, 6.07) is 12.7. The van der Waals surface area contributed by atoms with E-state index in [0.717, 1.165) is 5.56 Å². The van der Waals surface area contributed by atoms with E-state index in [-0.39, 0.29) is 5.91 Å². The van der Waals surface area contributed by atoms with Crippen LogP contribution in [0.4, 0.5) is 5.82 Å². The summed E-state index contributed by atoms with van der Waals surface area (Å²) in [5, 5.41) is 6.33. The molecule has 4 nitrogen and oxygen atoms in total. The molecule has 0 aliphatic heterocycles. The first-order valence-electron chi connectivity index (χ1n) is 5.87. The monoisotopic (exact) mass is 275 g/mol. The van der Waals surface area contributed by atoms with Gasteiger partial charge in [0, 0.05) is 18.6 Å². The van der Waals surface area contributed by atoms with Crippen molar-refractivity contribution in [1.29, 1.82) is 0 Å². The molecule has 0 radical (unpaired) electrons. The Hall–Kier alpha value is -2.07. The highest BCUT2D eigenvalue weighted by Crippen LogP contribution is 2.14. The maximum Gasteiger partial charge on any atom is 0.270 e. The van der Waals surface area contributed by atoms with Crippen LogP contribution < -0.4 is 10.6 Å². The van der Waals surface area contributed by atoms with Gasteiger partial charge in [0.1, 0.15) is 11.5 Å². The van der Waals surface area contributed by atoms with Crippen LogP contribution in [0.15, 0.2) is 42.5 Å². The number of hydrogen-bond donors (Lipinski definition) is 2. The summed E-state index contributed by atoms with van der Waals surface area (Å²) in [7, 11) is 1.76. The molecule has 5 heteroatoms. The molecule has 0 saturated carbocycles. The van der Waals surface area contributed by atoms with E-state index in [1.54, 1.807) is 31.3 Å². The Balaban J connectivity index is 2.03. The Bertz CT molecular complexity index is 586. The zero-order valence-corrected chi connectivity index (χ0v) is 11.2. The first-order valence-corrected chi connectivity index (χ1v) is 6.25. The normalized spacial score (nSPS) is 10.0. The Morgan fingerprint density at radius 2 is 2.00 bits per heavy atom. The number of carbonyl (C=O) groups is 1. The van der Waals surface area contributed by atoms with Crippen molar-refractivity contribution in [2.75, 3.05) is 12.4 Å². The van der Waals surface area contributed by atoms with Gasteiger partial charge in [0.2, 0.25) is 0 Å². The van der Waals surface area contributed by atoms with Crippen molar-refractivity contribution in [2.24, 2.45) is 0 Å². The topological polar surface area (TPSA) is 54.0 Å². The third kappa shape index (κ3) is 3.45. The molecule has 0 saturated heterocycles. The highest BCUT2D eigenvalue weighted by Gasteiger charge is 2.08. The maximum atomic E-state index is 12.0. The fourth-order valence-corrected chi connectivity index (χ4v) is 1.81. The third-order valence-corrected chi connectivity index (χ3v) is 3.00. The average molecular weight is 276 g/mol. The number of hydrogen-bond acceptors (Lipinski definition) is 3. The SMILES string of the molecule is CNc1cccc(C(=O)NCc2ccccc2Cl)n1. The number of amides is 1. The lowest BCUT2D eigenvalue weighted by atomic mass is 10.2. The first kappa shape index (κ1) is 13.4. The Morgan fingerprint density at radius 3 is 2.74 bits per heavy atom. The van der Waals surface area contributed by atoms with Crippen LogP contribution >= 0.6 is 11.6 Å². The standard InChI is InChI=1S/C14H14ClN3O/c1-16-13-8-4-7-12(18-13)14(19)17-9-10-5-2-3-6-11(10)15/h2-8H,9H2,1H3,(H,16,18)(H,17,19). The molecule has 0 aliphatic carbocycles. The van der Waals surface area contributed by atoms with Gasteiger partial charge in [0.25, 0.3) is 5.91 Å². The van der Waals surface area contributed by atoms with Gasteiger partial charge in [0.15, 0.2) is 0 Å². The average Bonchev–Trinajstić information content (AvgIpc) is 2.46. The lowest BCUT2D eigenvalue weighted by Gasteiger charge is -2.07. The van der Waals surface area contributed by atoms with Gasteiger partial charge in [-0.1, -0.05) is 35.9 Å². The summed E-state index contributed by atoms with van der Waals surface area (Å²) in [5.74, 6) is 0.433. The minimum atomic E-state index is -0.225. The Morgan fingerprint density at radius 1 is 1.21 bits per heavy atom. The zero-order chi connectivity index (χ0) is 13.7. The Kier molecular flexibility index (Phi) is 4.36. The van der Waals surface area contributed by atoms with Crippen molar-refractivity contribution in [1.82, 2.24) is 10.3 Å². The van der Waals surface area contributed by atoms with Gasteiger partial charge in [-0.05, 0) is 23.8 Å². The van der Waals surface area contributed by atoms with Gasteiger partial charge in [-0.25, -0.2) is 4.98 Å². The molecule has 0 unspecified atom stereocenters. The molecule has 1 heterocycles. The van der Waals surface area contributed by atoms with Crippen LogP contribution in [0.25, 0.3) is 0 Å². The molecule has 0 aliphatic rings. The molecular weight excluding hydrogens is 262 g/mol. The van der Waals surface area contributed by atoms with Gasteiger partial charge in [-0.2, -0.15) is 0 Å². The molecule has 0 bridgehead atoms. The van der Waals surface area contributed by atoms with Gasteiger partial charge in [-0.3, -0.25) is 4.79 Å². The van der Waals surface area contributed by atoms with Crippen LogP contribution in [0.1, 0.15) is 16.1 Å². The van der Waals surface area contributed by atoms with Crippen molar-refractivity contribution >= 4 is 23.3 Å². The smallest absolute Gasteiger partial charge is 0.270 e. The van der Waals surface area contributed by atoms with Crippen molar-refractivity contribution in [2.45, 2.75) is 6.54 Å². The molecule has 0 fully saturated rings. The molecule has 0 atom stereocenters. The van der Waals surface area contributed by atoms with Crippen LogP contribution in [0.5, 0.6) is 0 Å². The zero-order valence-electron chi connectivity index (χ0n) is 10.5. The number of benzene rings is 1. The summed E-state index contributed by atoms with van der Waals surface area (Å²) in [6.45, 7) is 0.379. The van der Waals surface area contributed by atoms with E-state index in [2.05, 4.69) is 15.6 Å². The van der Waals surface area contributed by atoms with Crippen molar-refractivity contribution in [3.8, 4) is 0 Å². The number of pyridine rings is 1. The van der Waals surface area contributed by atoms with Crippen molar-refractivity contribution < 1.29 is 4.79 Å². The summed E-state index contributed by atoms with van der Waals surface area (Å²) in [4.78, 5) is 16.1. The second kappa shape index (κ2) is 6.20. The van der Waals surface area contributed by atoms with E-state index in [1.165, 1.54) is 0 Å². The highest BCUT2D eigenvalue weighted by atomic mass is 35.5. The minimum absolute atomic E-state index is 0.225. The third-order valence-electron chi connectivity index (χ3n) is 2.64. The van der Waals surface area contributed by atoms with Crippen LogP contribution in [0, 0.1) is 0 Å². The number of aromatic nitrogens is 1. The molecule has 1 aromatic carbocycles. The largest absolute Gasteiger partial charge is 0.373 e. The summed E-state index contributed by atoms with van der Waals surface area (Å²) >= 11 is 6.02. The molecular formula is C14H14ClN3O. The number of nitrogens with zero attached hydrogens (tertiary/aromatic N) is 1. The summed E-state index contributed by atoms with van der Waals surface area (Å²) < 4.78 is 0. The van der Waals surface area contributed by atoms with Crippen LogP contribution in [0.2, 0.25) is 5.02 Å². The molecule has 2 aromatic rings. The fraction of sp³-hybridized carbons (Fsp3) is 0.143. The molecule has 98 valence electrons. The molecule has 1 amide bonds. The van der Waals surface area contributed by atoms with E-state index < -0.39 is 0 Å². The van der Waals surface area contributed by atoms with Gasteiger partial charge in [-0.15, -0.1) is 0 Å². The maximum absolute atomic E-state index is 12.0. The molecule has 2 rings (SSSR count). The minimum Gasteiger partial charge on any atom is -0.373 e. The molecule has 2 N–H and O–H groups in total. The predicted molar refractivity (Wildman–Crippen MR) is 76.4 cm³/mol. The van der Waals surface area contributed by atoms with Crippen molar-refractivity contribution in [3.63, 3.8) is 0 Å². The van der Waals surface area contributed by atoms with E-state index in [9.17, 15) is 4.79 Å². The Labute approximate surface area is 116 Å². The van der Waals surface area contributed by atoms with Crippen molar-refractivity contribution in [3.05, 3.63) is 58.7 Å². The number of nitrogens with one attached hydrogen (secondary N) is 2. The van der Waals surface area contributed by atoms with Gasteiger partial charge >= 0.3 is 0 Å². The molecule has 1 aromatic heterocycles. The van der Waals surface area contributed by atoms with Crippen LogP contribution in [-0.4, -0.2) is 17.9 Å². The molecule has 19 heavy (non-hydrogen) atoms. The fourth-order valence-electron chi connectivity index (χ4n) is 1.61. The second-order valence-corrected chi connectivity index (χ2v) is 4.34. The lowest BCUT2D eigenvalue weighted by Crippen LogP contribution is -2.24. The lowest BCUT2D eigenvalue weighted by molar-refractivity contribution is 0.0946. The second-order valence-electron chi connectivity index (χ2n) is 3.93. The van der Waals surface area contributed by atoms with Crippen LogP contribution in [0.3, 0.4) is 0 Å². The van der Waals surface area contributed by atoms with E-state index in [1.807, 2.05) is 18.2 Å². The van der Waals surface area contributed by atoms with E-state index in [0.29, 0.717) is 23.1 Å². The quantitative estimate of drug-likeness (QED) is 0.902. The number of rotatable bonds is 4. The summed E-state index contributed by atoms with van der Waals surface area (Å²) in [5.41, 5.74) is 1.25. The first-order chi connectivity index (χ1) is 9.20. The van der Waals surface area contributed by atoms with Gasteiger partial charge in [0.05, 0.1) is 0 Å². The number of halogens is 1. The highest BCUT2D eigenvalue weighted by molar-refractivity contribution is 6.31. The van der Waals surface area contributed by atoms with Crippen LogP contribution in [-0.2, 0) is 6.54 Å². The number of carbonyl (C=O) groups excluding carboxylic acids is 1. The molecule has 0 spiro atoms. The predicted octanol–water partition coefficient (Wildman–Crippen LogP) is 2.71. The van der Waals surface area contributed by atoms with E-state index >= 15 is 0 Å². The van der Waals surface area contributed by atoms with E-state index in [4.69, 9.17) is 11.6 Å². The van der Waals surface area contributed by atoms with Gasteiger partial charge < -0.3 is 10.6 Å².